The van der Waals surface area contributed by atoms with Crippen molar-refractivity contribution in [2.75, 3.05) is 18.5 Å². The average Bonchev–Trinajstić information content (AvgIpc) is 2.45. The summed E-state index contributed by atoms with van der Waals surface area (Å²) < 4.78 is 32.4. The van der Waals surface area contributed by atoms with Crippen molar-refractivity contribution in [1.29, 1.82) is 0 Å². The Morgan fingerprint density at radius 1 is 1.32 bits per heavy atom. The van der Waals surface area contributed by atoms with Gasteiger partial charge in [0.2, 0.25) is 15.9 Å². The van der Waals surface area contributed by atoms with Crippen molar-refractivity contribution >= 4 is 21.6 Å². The van der Waals surface area contributed by atoms with Gasteiger partial charge in [0.05, 0.1) is 11.0 Å². The second-order valence-corrected chi connectivity index (χ2v) is 7.30. The van der Waals surface area contributed by atoms with E-state index in [-0.39, 0.29) is 16.9 Å². The number of rotatable bonds is 7. The summed E-state index contributed by atoms with van der Waals surface area (Å²) in [7, 11) is -3.53. The van der Waals surface area contributed by atoms with E-state index in [0.29, 0.717) is 38.1 Å². The number of hydrogen-bond acceptors (Lipinski definition) is 4. The van der Waals surface area contributed by atoms with E-state index in [2.05, 4.69) is 10.0 Å². The molecule has 0 aliphatic carbocycles. The molecule has 1 amide bonds. The van der Waals surface area contributed by atoms with Crippen LogP contribution in [0.15, 0.2) is 23.1 Å². The highest BCUT2D eigenvalue weighted by atomic mass is 32.2. The zero-order valence-electron chi connectivity index (χ0n) is 12.9. The third-order valence-corrected chi connectivity index (χ3v) is 4.81. The second-order valence-electron chi connectivity index (χ2n) is 5.54. The zero-order valence-corrected chi connectivity index (χ0v) is 13.7. The summed E-state index contributed by atoms with van der Waals surface area (Å²) in [5.41, 5.74) is 1.55. The Labute approximate surface area is 131 Å². The quantitative estimate of drug-likeness (QED) is 0.747. The van der Waals surface area contributed by atoms with Gasteiger partial charge in [-0.3, -0.25) is 4.79 Å². The van der Waals surface area contributed by atoms with E-state index in [1.54, 1.807) is 12.1 Å². The van der Waals surface area contributed by atoms with Gasteiger partial charge in [-0.2, -0.15) is 0 Å². The third-order valence-electron chi connectivity index (χ3n) is 3.35. The molecule has 2 rings (SSSR count). The Bertz CT molecular complexity index is 641. The Morgan fingerprint density at radius 2 is 2.09 bits per heavy atom. The van der Waals surface area contributed by atoms with Crippen LogP contribution in [-0.2, 0) is 26.0 Å². The summed E-state index contributed by atoms with van der Waals surface area (Å²) in [6.07, 6.45) is 1.72. The Hall–Kier alpha value is -1.44. The molecule has 0 aromatic heterocycles. The van der Waals surface area contributed by atoms with E-state index >= 15 is 0 Å². The van der Waals surface area contributed by atoms with Crippen molar-refractivity contribution in [2.45, 2.75) is 44.1 Å². The highest BCUT2D eigenvalue weighted by molar-refractivity contribution is 7.89. The zero-order chi connectivity index (χ0) is 16.2. The summed E-state index contributed by atoms with van der Waals surface area (Å²) in [6.45, 7) is 4.74. The number of amides is 1. The molecule has 0 saturated heterocycles. The van der Waals surface area contributed by atoms with Gasteiger partial charge in [0.25, 0.3) is 0 Å². The molecule has 0 spiro atoms. The third kappa shape index (κ3) is 4.53. The van der Waals surface area contributed by atoms with Crippen LogP contribution in [0, 0.1) is 0 Å². The highest BCUT2D eigenvalue weighted by Gasteiger charge is 2.19. The fourth-order valence-corrected chi connectivity index (χ4v) is 3.33. The minimum atomic E-state index is -3.53. The minimum Gasteiger partial charge on any atom is -0.379 e. The number of carbonyl (C=O) groups excluding carboxylic acids is 1. The average molecular weight is 326 g/mol. The molecule has 22 heavy (non-hydrogen) atoms. The number of hydrogen-bond donors (Lipinski definition) is 2. The molecule has 0 atom stereocenters. The largest absolute Gasteiger partial charge is 0.379 e. The molecular formula is C15H22N2O4S. The lowest BCUT2D eigenvalue weighted by molar-refractivity contribution is -0.116. The van der Waals surface area contributed by atoms with Gasteiger partial charge in [-0.15, -0.1) is 0 Å². The van der Waals surface area contributed by atoms with E-state index in [1.807, 2.05) is 13.8 Å². The number of benzene rings is 1. The first-order valence-corrected chi connectivity index (χ1v) is 8.91. The van der Waals surface area contributed by atoms with Crippen molar-refractivity contribution < 1.29 is 17.9 Å². The summed E-state index contributed by atoms with van der Waals surface area (Å²) in [6, 6.07) is 4.78. The fourth-order valence-electron chi connectivity index (χ4n) is 2.21. The Kier molecular flexibility index (Phi) is 5.55. The molecule has 1 aliphatic heterocycles. The lowest BCUT2D eigenvalue weighted by Crippen LogP contribution is -2.26. The molecule has 1 aromatic rings. The number of carbonyl (C=O) groups is 1. The number of fused-ring (bicyclic) bond motifs is 1. The monoisotopic (exact) mass is 326 g/mol. The molecule has 6 nitrogen and oxygen atoms in total. The van der Waals surface area contributed by atoms with Gasteiger partial charge in [-0.1, -0.05) is 0 Å². The van der Waals surface area contributed by atoms with Gasteiger partial charge in [0.1, 0.15) is 0 Å². The van der Waals surface area contributed by atoms with Crippen LogP contribution in [0.4, 0.5) is 5.69 Å². The van der Waals surface area contributed by atoms with Crippen LogP contribution in [0.1, 0.15) is 32.3 Å². The van der Waals surface area contributed by atoms with E-state index in [9.17, 15) is 13.2 Å². The Balaban J connectivity index is 1.96. The predicted octanol–water partition coefficient (Wildman–Crippen LogP) is 1.66. The van der Waals surface area contributed by atoms with Gasteiger partial charge >= 0.3 is 0 Å². The lowest BCUT2D eigenvalue weighted by atomic mass is 10.0. The predicted molar refractivity (Wildman–Crippen MR) is 84.3 cm³/mol. The van der Waals surface area contributed by atoms with E-state index < -0.39 is 10.0 Å². The Morgan fingerprint density at radius 3 is 2.82 bits per heavy atom. The first-order chi connectivity index (χ1) is 10.4. The summed E-state index contributed by atoms with van der Waals surface area (Å²) in [5.74, 6) is -0.0358. The van der Waals surface area contributed by atoms with Crippen molar-refractivity contribution in [3.63, 3.8) is 0 Å². The van der Waals surface area contributed by atoms with Crippen LogP contribution in [0.5, 0.6) is 0 Å². The molecule has 1 aromatic carbocycles. The van der Waals surface area contributed by atoms with E-state index in [0.717, 1.165) is 5.56 Å². The maximum atomic E-state index is 12.2. The maximum Gasteiger partial charge on any atom is 0.240 e. The summed E-state index contributed by atoms with van der Waals surface area (Å²) >= 11 is 0. The lowest BCUT2D eigenvalue weighted by Gasteiger charge is -2.17. The van der Waals surface area contributed by atoms with Crippen LogP contribution in [0.2, 0.25) is 0 Å². The molecule has 0 radical (unpaired) electrons. The SMILES string of the molecule is CC(C)OCCCNS(=O)(=O)c1ccc2c(c1)CCC(=O)N2. The number of anilines is 1. The number of sulfonamides is 1. The van der Waals surface area contributed by atoms with Crippen LogP contribution >= 0.6 is 0 Å². The van der Waals surface area contributed by atoms with Gasteiger partial charge < -0.3 is 10.1 Å². The smallest absolute Gasteiger partial charge is 0.240 e. The van der Waals surface area contributed by atoms with Crippen molar-refractivity contribution in [3.05, 3.63) is 23.8 Å². The van der Waals surface area contributed by atoms with Crippen molar-refractivity contribution in [2.24, 2.45) is 0 Å². The number of ether oxygens (including phenoxy) is 1. The number of aryl methyl sites for hydroxylation is 1. The first-order valence-electron chi connectivity index (χ1n) is 7.42. The standard InChI is InChI=1S/C15H22N2O4S/c1-11(2)21-9-3-8-16-22(19,20)13-5-6-14-12(10-13)4-7-15(18)17-14/h5-6,10-11,16H,3-4,7-9H2,1-2H3,(H,17,18). The summed E-state index contributed by atoms with van der Waals surface area (Å²) in [4.78, 5) is 11.5. The molecule has 122 valence electrons. The van der Waals surface area contributed by atoms with Crippen LogP contribution < -0.4 is 10.0 Å². The van der Waals surface area contributed by atoms with Gasteiger partial charge in [0, 0.05) is 25.3 Å². The highest BCUT2D eigenvalue weighted by Crippen LogP contribution is 2.25. The van der Waals surface area contributed by atoms with Gasteiger partial charge in [-0.05, 0) is 50.5 Å². The molecule has 7 heteroatoms. The molecule has 1 heterocycles. The number of nitrogens with one attached hydrogen (secondary N) is 2. The molecule has 0 fully saturated rings. The molecule has 1 aliphatic rings. The first kappa shape index (κ1) is 16.9. The van der Waals surface area contributed by atoms with Gasteiger partial charge in [0.15, 0.2) is 0 Å². The molecule has 0 saturated carbocycles. The van der Waals surface area contributed by atoms with Crippen molar-refractivity contribution in [3.8, 4) is 0 Å². The van der Waals surface area contributed by atoms with Crippen LogP contribution in [0.3, 0.4) is 0 Å². The normalized spacial score (nSPS) is 14.8. The fraction of sp³-hybridized carbons (Fsp3) is 0.533. The van der Waals surface area contributed by atoms with E-state index in [4.69, 9.17) is 4.74 Å². The van der Waals surface area contributed by atoms with Gasteiger partial charge in [-0.25, -0.2) is 13.1 Å². The van der Waals surface area contributed by atoms with E-state index in [1.165, 1.54) is 6.07 Å². The summed E-state index contributed by atoms with van der Waals surface area (Å²) in [5, 5.41) is 2.74. The van der Waals surface area contributed by atoms with Crippen LogP contribution in [0.25, 0.3) is 0 Å². The second kappa shape index (κ2) is 7.21. The minimum absolute atomic E-state index is 0.0358. The maximum absolute atomic E-state index is 12.2. The molecule has 0 unspecified atom stereocenters. The molecular weight excluding hydrogens is 304 g/mol. The topological polar surface area (TPSA) is 84.5 Å². The molecule has 2 N–H and O–H groups in total. The van der Waals surface area contributed by atoms with Crippen LogP contribution in [-0.4, -0.2) is 33.6 Å². The molecule has 0 bridgehead atoms. The van der Waals surface area contributed by atoms with Crippen molar-refractivity contribution in [1.82, 2.24) is 4.72 Å².